The third-order valence-electron chi connectivity index (χ3n) is 2.28. The van der Waals surface area contributed by atoms with E-state index < -0.39 is 5.25 Å². The first-order chi connectivity index (χ1) is 8.56. The highest BCUT2D eigenvalue weighted by Gasteiger charge is 2.29. The molecule has 1 atom stereocenters. The summed E-state index contributed by atoms with van der Waals surface area (Å²) in [6.07, 6.45) is 0.0820. The van der Waals surface area contributed by atoms with Gasteiger partial charge in [0.1, 0.15) is 5.25 Å². The number of amidine groups is 1. The van der Waals surface area contributed by atoms with Gasteiger partial charge < -0.3 is 11.1 Å². The van der Waals surface area contributed by atoms with Crippen LogP contribution in [0.1, 0.15) is 6.42 Å². The molecule has 0 aromatic heterocycles. The number of carbonyl (C=O) groups excluding carboxylic acids is 2. The molecule has 0 saturated heterocycles. The van der Waals surface area contributed by atoms with Gasteiger partial charge in [0.25, 0.3) is 5.91 Å². The number of para-hydroxylation sites is 1. The van der Waals surface area contributed by atoms with Crippen molar-refractivity contribution in [2.75, 3.05) is 5.32 Å². The monoisotopic (exact) mass is 375 g/mol. The third kappa shape index (κ3) is 3.22. The molecule has 18 heavy (non-hydrogen) atoms. The summed E-state index contributed by atoms with van der Waals surface area (Å²) in [7, 11) is 0. The summed E-state index contributed by atoms with van der Waals surface area (Å²) >= 11 is 3.27. The summed E-state index contributed by atoms with van der Waals surface area (Å²) in [5.74, 6) is -0.551. The van der Waals surface area contributed by atoms with E-state index in [-0.39, 0.29) is 23.4 Å². The highest BCUT2D eigenvalue weighted by atomic mass is 127. The van der Waals surface area contributed by atoms with E-state index in [0.717, 1.165) is 21.0 Å². The molecule has 0 saturated carbocycles. The first-order valence-corrected chi connectivity index (χ1v) is 7.11. The highest BCUT2D eigenvalue weighted by Crippen LogP contribution is 2.24. The fourth-order valence-electron chi connectivity index (χ4n) is 1.46. The standard InChI is InChI=1S/C11H10IN3O2S/c12-6-3-1-2-4-7(6)14-9(16)5-8-10(17)15-11(13)18-8/h1-4,8H,5H2,(H,14,16)(H2,13,15,17). The predicted molar refractivity (Wildman–Crippen MR) is 80.4 cm³/mol. The van der Waals surface area contributed by atoms with E-state index in [1.54, 1.807) is 0 Å². The topological polar surface area (TPSA) is 84.5 Å². The maximum Gasteiger partial charge on any atom is 0.262 e. The molecule has 0 radical (unpaired) electrons. The van der Waals surface area contributed by atoms with Gasteiger partial charge >= 0.3 is 0 Å². The molecule has 1 aromatic rings. The fraction of sp³-hybridized carbons (Fsp3) is 0.182. The van der Waals surface area contributed by atoms with E-state index in [9.17, 15) is 9.59 Å². The second-order valence-corrected chi connectivity index (χ2v) is 6.01. The van der Waals surface area contributed by atoms with Crippen LogP contribution in [-0.2, 0) is 9.59 Å². The Hall–Kier alpha value is -1.09. The number of nitrogens with zero attached hydrogens (tertiary/aromatic N) is 1. The molecule has 7 heteroatoms. The van der Waals surface area contributed by atoms with Gasteiger partial charge in [-0.3, -0.25) is 9.59 Å². The molecule has 0 bridgehead atoms. The molecule has 0 aliphatic carbocycles. The second kappa shape index (κ2) is 5.70. The number of nitrogens with one attached hydrogen (secondary N) is 1. The van der Waals surface area contributed by atoms with Crippen molar-refractivity contribution in [1.29, 1.82) is 0 Å². The SMILES string of the molecule is NC1=NC(=O)C(CC(=O)Nc2ccccc2I)S1. The van der Waals surface area contributed by atoms with Crippen molar-refractivity contribution in [2.45, 2.75) is 11.7 Å². The molecule has 1 aliphatic rings. The lowest BCUT2D eigenvalue weighted by atomic mass is 10.2. The van der Waals surface area contributed by atoms with Gasteiger partial charge in [0.2, 0.25) is 5.91 Å². The van der Waals surface area contributed by atoms with Crippen LogP contribution in [0.4, 0.5) is 5.69 Å². The van der Waals surface area contributed by atoms with Gasteiger partial charge in [-0.2, -0.15) is 4.99 Å². The Labute approximate surface area is 122 Å². The first-order valence-electron chi connectivity index (χ1n) is 5.15. The predicted octanol–water partition coefficient (Wildman–Crippen LogP) is 1.58. The van der Waals surface area contributed by atoms with Gasteiger partial charge in [-0.1, -0.05) is 23.9 Å². The normalized spacial score (nSPS) is 18.6. The lowest BCUT2D eigenvalue weighted by Gasteiger charge is -2.09. The van der Waals surface area contributed by atoms with Crippen LogP contribution in [0, 0.1) is 3.57 Å². The zero-order valence-electron chi connectivity index (χ0n) is 9.22. The van der Waals surface area contributed by atoms with E-state index in [1.807, 2.05) is 24.3 Å². The average molecular weight is 375 g/mol. The number of halogens is 1. The van der Waals surface area contributed by atoms with Crippen molar-refractivity contribution < 1.29 is 9.59 Å². The van der Waals surface area contributed by atoms with E-state index in [1.165, 1.54) is 0 Å². The molecule has 1 aliphatic heterocycles. The molecular formula is C11H10IN3O2S. The second-order valence-electron chi connectivity index (χ2n) is 3.63. The molecule has 0 spiro atoms. The van der Waals surface area contributed by atoms with Crippen LogP contribution in [0.15, 0.2) is 29.3 Å². The zero-order chi connectivity index (χ0) is 13.1. The molecule has 2 amide bonds. The maximum absolute atomic E-state index is 11.8. The van der Waals surface area contributed by atoms with Crippen molar-refractivity contribution >= 4 is 57.0 Å². The Morgan fingerprint density at radius 2 is 2.22 bits per heavy atom. The smallest absolute Gasteiger partial charge is 0.262 e. The number of anilines is 1. The molecule has 3 N–H and O–H groups in total. The van der Waals surface area contributed by atoms with Crippen molar-refractivity contribution in [2.24, 2.45) is 10.7 Å². The number of hydrogen-bond acceptors (Lipinski definition) is 4. The Balaban J connectivity index is 1.94. The Bertz CT molecular complexity index is 533. The lowest BCUT2D eigenvalue weighted by molar-refractivity contribution is -0.121. The van der Waals surface area contributed by atoms with Gasteiger partial charge in [-0.15, -0.1) is 0 Å². The number of nitrogens with two attached hydrogens (primary N) is 1. The first kappa shape index (κ1) is 13.3. The quantitative estimate of drug-likeness (QED) is 0.786. The lowest BCUT2D eigenvalue weighted by Crippen LogP contribution is -2.22. The van der Waals surface area contributed by atoms with Crippen LogP contribution in [0.5, 0.6) is 0 Å². The van der Waals surface area contributed by atoms with Crippen molar-refractivity contribution in [3.63, 3.8) is 0 Å². The number of carbonyl (C=O) groups is 2. The summed E-state index contributed by atoms with van der Waals surface area (Å²) in [5, 5.41) is 2.50. The van der Waals surface area contributed by atoms with Crippen LogP contribution in [0.3, 0.4) is 0 Å². The minimum Gasteiger partial charge on any atom is -0.378 e. The molecule has 1 unspecified atom stereocenters. The minimum absolute atomic E-state index is 0.0820. The molecule has 0 fully saturated rings. The number of aliphatic imine (C=N–C) groups is 1. The van der Waals surface area contributed by atoms with Crippen LogP contribution in [0.25, 0.3) is 0 Å². The number of thioether (sulfide) groups is 1. The molecular weight excluding hydrogens is 365 g/mol. The molecule has 1 aromatic carbocycles. The molecule has 2 rings (SSSR count). The van der Waals surface area contributed by atoms with E-state index in [0.29, 0.717) is 0 Å². The highest BCUT2D eigenvalue weighted by molar-refractivity contribution is 14.1. The number of benzene rings is 1. The van der Waals surface area contributed by atoms with Gasteiger partial charge in [0.15, 0.2) is 5.17 Å². The van der Waals surface area contributed by atoms with Crippen LogP contribution in [0.2, 0.25) is 0 Å². The summed E-state index contributed by atoms with van der Waals surface area (Å²) < 4.78 is 0.949. The molecule has 1 heterocycles. The summed E-state index contributed by atoms with van der Waals surface area (Å²) in [4.78, 5) is 26.8. The van der Waals surface area contributed by atoms with Crippen molar-refractivity contribution in [1.82, 2.24) is 0 Å². The van der Waals surface area contributed by atoms with E-state index >= 15 is 0 Å². The van der Waals surface area contributed by atoms with Gasteiger partial charge in [-0.05, 0) is 34.7 Å². The molecule has 94 valence electrons. The van der Waals surface area contributed by atoms with Gasteiger partial charge in [-0.25, -0.2) is 0 Å². The zero-order valence-corrected chi connectivity index (χ0v) is 12.2. The van der Waals surface area contributed by atoms with E-state index in [2.05, 4.69) is 32.9 Å². The average Bonchev–Trinajstić information content (AvgIpc) is 2.61. The summed E-state index contributed by atoms with van der Waals surface area (Å²) in [5.41, 5.74) is 6.17. The third-order valence-corrected chi connectivity index (χ3v) is 4.20. The Kier molecular flexibility index (Phi) is 4.23. The minimum atomic E-state index is -0.494. The largest absolute Gasteiger partial charge is 0.378 e. The number of amides is 2. The van der Waals surface area contributed by atoms with E-state index in [4.69, 9.17) is 5.73 Å². The summed E-state index contributed by atoms with van der Waals surface area (Å²) in [6, 6.07) is 7.44. The van der Waals surface area contributed by atoms with Crippen molar-refractivity contribution in [3.8, 4) is 0 Å². The number of hydrogen-bond donors (Lipinski definition) is 2. The van der Waals surface area contributed by atoms with Gasteiger partial charge in [0, 0.05) is 9.99 Å². The van der Waals surface area contributed by atoms with Crippen LogP contribution >= 0.6 is 34.4 Å². The number of rotatable bonds is 3. The molecule has 5 nitrogen and oxygen atoms in total. The van der Waals surface area contributed by atoms with Crippen LogP contribution in [-0.4, -0.2) is 22.2 Å². The maximum atomic E-state index is 11.8. The van der Waals surface area contributed by atoms with Crippen molar-refractivity contribution in [3.05, 3.63) is 27.8 Å². The Morgan fingerprint density at radius 1 is 1.50 bits per heavy atom. The fourth-order valence-corrected chi connectivity index (χ4v) is 2.81. The Morgan fingerprint density at radius 3 is 2.83 bits per heavy atom. The van der Waals surface area contributed by atoms with Crippen LogP contribution < -0.4 is 11.1 Å². The van der Waals surface area contributed by atoms with Gasteiger partial charge in [0.05, 0.1) is 5.69 Å². The summed E-state index contributed by atoms with van der Waals surface area (Å²) in [6.45, 7) is 0.